The first-order valence-electron chi connectivity index (χ1n) is 8.05. The van der Waals surface area contributed by atoms with Crippen molar-refractivity contribution in [2.24, 2.45) is 17.3 Å². The summed E-state index contributed by atoms with van der Waals surface area (Å²) in [6.07, 6.45) is 5.74. The Hall–Kier alpha value is -1.14. The summed E-state index contributed by atoms with van der Waals surface area (Å²) in [4.78, 5) is 24.4. The van der Waals surface area contributed by atoms with Crippen LogP contribution in [0, 0.1) is 17.3 Å². The van der Waals surface area contributed by atoms with E-state index in [2.05, 4.69) is 5.32 Å². The lowest BCUT2D eigenvalue weighted by molar-refractivity contribution is -0.199. The van der Waals surface area contributed by atoms with Crippen LogP contribution in [0.3, 0.4) is 0 Å². The van der Waals surface area contributed by atoms with Gasteiger partial charge in [-0.05, 0) is 25.7 Å². The van der Waals surface area contributed by atoms with Crippen LogP contribution in [0.2, 0.25) is 0 Å². The molecule has 7 heteroatoms. The summed E-state index contributed by atoms with van der Waals surface area (Å²) in [5, 5.41) is 13.5. The maximum absolute atomic E-state index is 14.2. The number of aliphatic hydroxyl groups is 1. The molecule has 1 saturated carbocycles. The average molecular weight is 344 g/mol. The number of amides is 1. The van der Waals surface area contributed by atoms with Gasteiger partial charge in [-0.2, -0.15) is 0 Å². The fourth-order valence-electron chi connectivity index (χ4n) is 5.32. The van der Waals surface area contributed by atoms with Gasteiger partial charge in [0, 0.05) is 11.8 Å². The number of carbonyl (C=O) groups excluding carboxylic acids is 2. The summed E-state index contributed by atoms with van der Waals surface area (Å²) in [5.41, 5.74) is -4.08. The molecule has 1 amide bonds. The molecular formula is C16H19ClFNO4. The molecule has 2 heterocycles. The molecule has 0 aromatic heterocycles. The number of piperidine rings is 1. The van der Waals surface area contributed by atoms with E-state index in [9.17, 15) is 19.1 Å². The second-order valence-electron chi connectivity index (χ2n) is 6.97. The van der Waals surface area contributed by atoms with Crippen molar-refractivity contribution >= 4 is 23.5 Å². The molecule has 0 aromatic carbocycles. The SMILES string of the molecule is O=C1NC23C(=O)OC2([C@@H](O)[C@@H]2C=CCCC2)[C@]3(CF)[C@H]1CCCl. The van der Waals surface area contributed by atoms with E-state index in [1.807, 2.05) is 12.2 Å². The van der Waals surface area contributed by atoms with Crippen molar-refractivity contribution in [2.45, 2.75) is 42.9 Å². The Morgan fingerprint density at radius 2 is 2.30 bits per heavy atom. The van der Waals surface area contributed by atoms with Crippen LogP contribution in [-0.2, 0) is 14.3 Å². The number of nitrogens with one attached hydrogen (secondary N) is 1. The maximum atomic E-state index is 14.2. The first-order chi connectivity index (χ1) is 11.0. The van der Waals surface area contributed by atoms with E-state index in [1.54, 1.807) is 0 Å². The van der Waals surface area contributed by atoms with Gasteiger partial charge < -0.3 is 15.2 Å². The maximum Gasteiger partial charge on any atom is 0.337 e. The van der Waals surface area contributed by atoms with Crippen LogP contribution < -0.4 is 5.32 Å². The minimum absolute atomic E-state index is 0.180. The minimum Gasteiger partial charge on any atom is -0.450 e. The highest BCUT2D eigenvalue weighted by atomic mass is 35.5. The summed E-state index contributed by atoms with van der Waals surface area (Å²) < 4.78 is 19.5. The first-order valence-corrected chi connectivity index (χ1v) is 8.59. The fourth-order valence-corrected chi connectivity index (χ4v) is 5.54. The van der Waals surface area contributed by atoms with Crippen molar-refractivity contribution in [1.82, 2.24) is 5.32 Å². The van der Waals surface area contributed by atoms with Crippen LogP contribution in [0.4, 0.5) is 4.39 Å². The summed E-state index contributed by atoms with van der Waals surface area (Å²) in [6, 6.07) is 0. The van der Waals surface area contributed by atoms with Gasteiger partial charge in [-0.1, -0.05) is 12.2 Å². The van der Waals surface area contributed by atoms with Crippen LogP contribution >= 0.6 is 11.6 Å². The van der Waals surface area contributed by atoms with E-state index >= 15 is 0 Å². The molecule has 3 fully saturated rings. The van der Waals surface area contributed by atoms with E-state index in [-0.39, 0.29) is 24.1 Å². The quantitative estimate of drug-likeness (QED) is 0.445. The number of fused-ring (bicyclic) bond motifs is 1. The van der Waals surface area contributed by atoms with Crippen LogP contribution in [-0.4, -0.2) is 46.8 Å². The molecule has 0 aromatic rings. The molecule has 0 bridgehead atoms. The predicted molar refractivity (Wildman–Crippen MR) is 79.4 cm³/mol. The molecule has 126 valence electrons. The highest BCUT2D eigenvalue weighted by Gasteiger charge is 3.07. The number of hydrogen-bond donors (Lipinski definition) is 2. The minimum atomic E-state index is -1.41. The highest BCUT2D eigenvalue weighted by molar-refractivity contribution is 6.18. The molecule has 4 rings (SSSR count). The zero-order valence-electron chi connectivity index (χ0n) is 12.6. The van der Waals surface area contributed by atoms with Crippen LogP contribution in [0.15, 0.2) is 12.2 Å². The summed E-state index contributed by atoms with van der Waals surface area (Å²) >= 11 is 5.77. The molecule has 5 nitrogen and oxygen atoms in total. The lowest BCUT2D eigenvalue weighted by atomic mass is 9.78. The zero-order valence-corrected chi connectivity index (χ0v) is 13.3. The Kier molecular flexibility index (Phi) is 3.14. The van der Waals surface area contributed by atoms with Crippen molar-refractivity contribution in [1.29, 1.82) is 0 Å². The van der Waals surface area contributed by atoms with Crippen molar-refractivity contribution < 1.29 is 23.8 Å². The monoisotopic (exact) mass is 343 g/mol. The molecular weight excluding hydrogens is 325 g/mol. The second kappa shape index (κ2) is 4.70. The number of hydrogen-bond acceptors (Lipinski definition) is 4. The third-order valence-corrected chi connectivity index (χ3v) is 6.55. The number of rotatable bonds is 5. The van der Waals surface area contributed by atoms with Gasteiger partial charge in [0.15, 0.2) is 11.1 Å². The van der Waals surface area contributed by atoms with Crippen LogP contribution in [0.25, 0.3) is 0 Å². The second-order valence-corrected chi connectivity index (χ2v) is 7.35. The van der Waals surface area contributed by atoms with Crippen molar-refractivity contribution in [3.05, 3.63) is 12.2 Å². The molecule has 1 spiro atoms. The Morgan fingerprint density at radius 1 is 1.52 bits per heavy atom. The van der Waals surface area contributed by atoms with Gasteiger partial charge in [-0.25, -0.2) is 4.79 Å². The normalized spacial score (nSPS) is 48.0. The molecule has 2 N–H and O–H groups in total. The fraction of sp³-hybridized carbons (Fsp3) is 0.750. The van der Waals surface area contributed by atoms with E-state index < -0.39 is 41.2 Å². The Labute approximate surface area is 138 Å². The molecule has 23 heavy (non-hydrogen) atoms. The van der Waals surface area contributed by atoms with E-state index in [0.717, 1.165) is 19.3 Å². The van der Waals surface area contributed by atoms with Crippen molar-refractivity contribution in [3.8, 4) is 0 Å². The van der Waals surface area contributed by atoms with E-state index in [1.165, 1.54) is 0 Å². The number of alkyl halides is 2. The number of ether oxygens (including phenoxy) is 1. The van der Waals surface area contributed by atoms with Gasteiger partial charge in [-0.3, -0.25) is 9.18 Å². The Balaban J connectivity index is 1.75. The summed E-state index contributed by atoms with van der Waals surface area (Å²) in [7, 11) is 0. The van der Waals surface area contributed by atoms with Gasteiger partial charge >= 0.3 is 5.97 Å². The third kappa shape index (κ3) is 1.36. The topological polar surface area (TPSA) is 75.6 Å². The molecule has 2 unspecified atom stereocenters. The average Bonchev–Trinajstić information content (AvgIpc) is 2.82. The lowest BCUT2D eigenvalue weighted by Gasteiger charge is -2.41. The number of aliphatic hydroxyl groups excluding tert-OH is 1. The summed E-state index contributed by atoms with van der Waals surface area (Å²) in [5.74, 6) is -1.78. The molecule has 2 aliphatic carbocycles. The van der Waals surface area contributed by atoms with Gasteiger partial charge in [0.25, 0.3) is 0 Å². The smallest absolute Gasteiger partial charge is 0.337 e. The van der Waals surface area contributed by atoms with E-state index in [4.69, 9.17) is 16.3 Å². The molecule has 4 aliphatic rings. The summed E-state index contributed by atoms with van der Waals surface area (Å²) in [6.45, 7) is -0.896. The van der Waals surface area contributed by atoms with E-state index in [0.29, 0.717) is 0 Å². The first kappa shape index (κ1) is 15.4. The number of carbonyl (C=O) groups is 2. The van der Waals surface area contributed by atoms with Crippen LogP contribution in [0.5, 0.6) is 0 Å². The third-order valence-electron chi connectivity index (χ3n) is 6.33. The van der Waals surface area contributed by atoms with Gasteiger partial charge in [0.05, 0.1) is 11.3 Å². The van der Waals surface area contributed by atoms with Crippen molar-refractivity contribution in [3.63, 3.8) is 0 Å². The Morgan fingerprint density at radius 3 is 2.87 bits per heavy atom. The Bertz CT molecular complexity index is 613. The standard InChI is InChI=1S/C16H19ClFNO4/c17-7-6-10-12(21)19-15-13(22)23-16(15,14(10,15)8-18)11(20)9-4-2-1-3-5-9/h2,4,9-11,20H,1,3,5-8H2,(H,19,21)/t9-,10+,11+,14-,15?,16?/m1/s1. The zero-order chi connectivity index (χ0) is 16.5. The molecule has 2 aliphatic heterocycles. The highest BCUT2D eigenvalue weighted by Crippen LogP contribution is 2.82. The number of halogens is 2. The van der Waals surface area contributed by atoms with Crippen LogP contribution in [0.1, 0.15) is 25.7 Å². The van der Waals surface area contributed by atoms with Gasteiger partial charge in [-0.15, -0.1) is 11.6 Å². The lowest BCUT2D eigenvalue weighted by Crippen LogP contribution is -2.65. The van der Waals surface area contributed by atoms with Gasteiger partial charge in [0.1, 0.15) is 12.8 Å². The molecule has 2 saturated heterocycles. The molecule has 0 radical (unpaired) electrons. The number of esters is 1. The largest absolute Gasteiger partial charge is 0.450 e. The predicted octanol–water partition coefficient (Wildman–Crippen LogP) is 1.08. The molecule has 6 atom stereocenters. The van der Waals surface area contributed by atoms with Crippen molar-refractivity contribution in [2.75, 3.05) is 12.6 Å². The number of allylic oxidation sites excluding steroid dienone is 1. The van der Waals surface area contributed by atoms with Gasteiger partial charge in [0.2, 0.25) is 5.91 Å².